The Morgan fingerprint density at radius 1 is 0.903 bits per heavy atom. The molecule has 0 saturated carbocycles. The summed E-state index contributed by atoms with van der Waals surface area (Å²) >= 11 is 1.53. The van der Waals surface area contributed by atoms with Gasteiger partial charge in [-0.25, -0.2) is 4.79 Å². The van der Waals surface area contributed by atoms with Crippen molar-refractivity contribution in [3.63, 3.8) is 0 Å². The third-order valence-electron chi connectivity index (χ3n) is 6.21. The first-order valence-electron chi connectivity index (χ1n) is 9.92. The van der Waals surface area contributed by atoms with Gasteiger partial charge in [0.15, 0.2) is 0 Å². The zero-order valence-electron chi connectivity index (χ0n) is 16.8. The maximum absolute atomic E-state index is 12.2. The van der Waals surface area contributed by atoms with Gasteiger partial charge in [-0.3, -0.25) is 20.2 Å². The maximum atomic E-state index is 12.2. The second-order valence-corrected chi connectivity index (χ2v) is 9.40. The van der Waals surface area contributed by atoms with E-state index in [1.165, 1.54) is 33.2 Å². The smallest absolute Gasteiger partial charge is 0.300 e. The van der Waals surface area contributed by atoms with Crippen LogP contribution in [0.2, 0.25) is 0 Å². The number of carbonyl (C=O) groups is 3. The maximum Gasteiger partial charge on any atom is 0.328 e. The minimum absolute atomic E-state index is 0.0731. The normalized spacial score (nSPS) is 17.0. The van der Waals surface area contributed by atoms with Crippen molar-refractivity contribution in [1.29, 1.82) is 0 Å². The number of fused-ring (bicyclic) bond motifs is 5. The average Bonchev–Trinajstić information content (AvgIpc) is 3.29. The highest BCUT2D eigenvalue weighted by Crippen LogP contribution is 2.50. The summed E-state index contributed by atoms with van der Waals surface area (Å²) in [5.74, 6) is -1.37. The highest BCUT2D eigenvalue weighted by Gasteiger charge is 2.37. The largest absolute Gasteiger partial charge is 0.328 e. The molecule has 6 nitrogen and oxygen atoms in total. The molecule has 0 atom stereocenters. The molecule has 0 spiro atoms. The molecule has 0 aliphatic carbocycles. The van der Waals surface area contributed by atoms with Gasteiger partial charge in [-0.1, -0.05) is 50.2 Å². The summed E-state index contributed by atoms with van der Waals surface area (Å²) in [4.78, 5) is 36.5. The molecule has 2 aliphatic heterocycles. The van der Waals surface area contributed by atoms with Crippen LogP contribution < -0.4 is 10.6 Å². The van der Waals surface area contributed by atoms with Gasteiger partial charge < -0.3 is 4.57 Å². The van der Waals surface area contributed by atoms with E-state index in [1.54, 1.807) is 6.08 Å². The van der Waals surface area contributed by atoms with Gasteiger partial charge in [-0.15, -0.1) is 11.3 Å². The van der Waals surface area contributed by atoms with E-state index in [0.29, 0.717) is 0 Å². The van der Waals surface area contributed by atoms with E-state index in [1.807, 2.05) is 12.1 Å². The molecule has 2 aliphatic rings. The molecular formula is C24H17N3O3S. The third kappa shape index (κ3) is 2.35. The fraction of sp³-hybridized carbons (Fsp3) is 0.125. The Morgan fingerprint density at radius 3 is 2.39 bits per heavy atom. The van der Waals surface area contributed by atoms with E-state index in [4.69, 9.17) is 0 Å². The van der Waals surface area contributed by atoms with Gasteiger partial charge in [-0.05, 0) is 29.3 Å². The molecule has 4 aromatic rings. The van der Waals surface area contributed by atoms with Crippen LogP contribution in [-0.4, -0.2) is 22.4 Å². The molecule has 1 fully saturated rings. The fourth-order valence-corrected chi connectivity index (χ4v) is 5.99. The number of rotatable bonds is 1. The van der Waals surface area contributed by atoms with Crippen LogP contribution in [0.4, 0.5) is 4.79 Å². The number of imide groups is 2. The molecule has 0 radical (unpaired) electrons. The molecule has 4 amide bonds. The summed E-state index contributed by atoms with van der Waals surface area (Å²) in [6, 6.07) is 16.0. The van der Waals surface area contributed by atoms with Crippen molar-refractivity contribution in [2.75, 3.05) is 0 Å². The number of benzene rings is 2. The van der Waals surface area contributed by atoms with Gasteiger partial charge in [0.05, 0.1) is 11.0 Å². The predicted octanol–water partition coefficient (Wildman–Crippen LogP) is 4.23. The summed E-state index contributed by atoms with van der Waals surface area (Å²) in [7, 11) is 0. The lowest BCUT2D eigenvalue weighted by Gasteiger charge is -2.32. The molecule has 2 N–H and O–H groups in total. The van der Waals surface area contributed by atoms with E-state index < -0.39 is 17.8 Å². The van der Waals surface area contributed by atoms with Crippen LogP contribution in [0.1, 0.15) is 29.9 Å². The Balaban J connectivity index is 1.64. The number of aromatic nitrogens is 1. The highest BCUT2D eigenvalue weighted by molar-refractivity contribution is 7.15. The number of barbiturate groups is 1. The van der Waals surface area contributed by atoms with Crippen molar-refractivity contribution in [3.8, 4) is 5.00 Å². The molecular weight excluding hydrogens is 410 g/mol. The topological polar surface area (TPSA) is 80.2 Å². The van der Waals surface area contributed by atoms with Crippen LogP contribution >= 0.6 is 11.3 Å². The van der Waals surface area contributed by atoms with Crippen molar-refractivity contribution in [1.82, 2.24) is 15.2 Å². The Morgan fingerprint density at radius 2 is 1.61 bits per heavy atom. The number of urea groups is 1. The Labute approximate surface area is 181 Å². The molecule has 2 aromatic heterocycles. The van der Waals surface area contributed by atoms with Gasteiger partial charge in [0.25, 0.3) is 11.8 Å². The monoisotopic (exact) mass is 427 g/mol. The summed E-state index contributed by atoms with van der Waals surface area (Å²) in [6.45, 7) is 4.40. The average molecular weight is 427 g/mol. The molecule has 2 aromatic carbocycles. The first-order valence-corrected chi connectivity index (χ1v) is 10.7. The van der Waals surface area contributed by atoms with Crippen LogP contribution in [0.5, 0.6) is 0 Å². The molecule has 31 heavy (non-hydrogen) atoms. The van der Waals surface area contributed by atoms with Crippen molar-refractivity contribution in [3.05, 3.63) is 70.1 Å². The molecule has 1 saturated heterocycles. The first-order chi connectivity index (χ1) is 14.9. The Hall–Kier alpha value is -3.71. The zero-order chi connectivity index (χ0) is 21.5. The first kappa shape index (κ1) is 18.1. The van der Waals surface area contributed by atoms with Crippen LogP contribution in [0.3, 0.4) is 0 Å². The summed E-state index contributed by atoms with van der Waals surface area (Å²) in [5.41, 5.74) is 4.38. The van der Waals surface area contributed by atoms with Crippen molar-refractivity contribution < 1.29 is 14.4 Å². The van der Waals surface area contributed by atoms with Crippen molar-refractivity contribution in [2.24, 2.45) is 0 Å². The van der Waals surface area contributed by atoms with E-state index in [-0.39, 0.29) is 11.0 Å². The van der Waals surface area contributed by atoms with E-state index >= 15 is 0 Å². The third-order valence-corrected chi connectivity index (χ3v) is 7.27. The lowest BCUT2D eigenvalue weighted by atomic mass is 9.76. The second-order valence-electron chi connectivity index (χ2n) is 8.34. The van der Waals surface area contributed by atoms with Crippen molar-refractivity contribution in [2.45, 2.75) is 19.3 Å². The van der Waals surface area contributed by atoms with Gasteiger partial charge in [-0.2, -0.15) is 0 Å². The summed E-state index contributed by atoms with van der Waals surface area (Å²) in [6.07, 6.45) is 1.56. The van der Waals surface area contributed by atoms with Gasteiger partial charge in [0.2, 0.25) is 0 Å². The lowest BCUT2D eigenvalue weighted by molar-refractivity contribution is -0.123. The minimum atomic E-state index is -0.796. The minimum Gasteiger partial charge on any atom is -0.300 e. The predicted molar refractivity (Wildman–Crippen MR) is 120 cm³/mol. The molecule has 152 valence electrons. The molecule has 6 rings (SSSR count). The SMILES string of the molecule is CC1(C)c2cc(C=C3C(=O)NC(=O)NC3=O)sc2-n2c3ccccc3c3cccc1c32. The number of hydrogen-bond acceptors (Lipinski definition) is 4. The summed E-state index contributed by atoms with van der Waals surface area (Å²) in [5, 5.41) is 7.75. The van der Waals surface area contributed by atoms with Crippen LogP contribution in [0, 0.1) is 0 Å². The van der Waals surface area contributed by atoms with Gasteiger partial charge in [0.1, 0.15) is 10.6 Å². The van der Waals surface area contributed by atoms with Crippen molar-refractivity contribution >= 4 is 57.1 Å². The standard InChI is InChI=1S/C24H17N3O3S/c1-24(2)16-8-5-7-14-13-6-3-4-9-18(13)27(19(14)16)22-17(24)11-12(31-22)10-15-20(28)25-23(30)26-21(15)29/h3-11H,1-2H3,(H2,25,26,28,29,30). The van der Waals surface area contributed by atoms with Crippen LogP contribution in [0.15, 0.2) is 54.1 Å². The van der Waals surface area contributed by atoms with Crippen LogP contribution in [0.25, 0.3) is 32.9 Å². The molecule has 4 heterocycles. The van der Waals surface area contributed by atoms with E-state index in [2.05, 4.69) is 65.4 Å². The Kier molecular flexibility index (Phi) is 3.46. The number of thiophene rings is 1. The number of nitrogens with one attached hydrogen (secondary N) is 2. The molecule has 0 unspecified atom stereocenters. The highest BCUT2D eigenvalue weighted by atomic mass is 32.1. The van der Waals surface area contributed by atoms with E-state index in [0.717, 1.165) is 21.0 Å². The molecule has 7 heteroatoms. The quantitative estimate of drug-likeness (QED) is 0.352. The number of amides is 4. The fourth-order valence-electron chi connectivity index (χ4n) is 4.71. The zero-order valence-corrected chi connectivity index (χ0v) is 17.6. The second kappa shape index (κ2) is 5.92. The number of hydrogen-bond donors (Lipinski definition) is 2. The lowest BCUT2D eigenvalue weighted by Crippen LogP contribution is -2.51. The van der Waals surface area contributed by atoms with Gasteiger partial charge in [0, 0.05) is 21.1 Å². The summed E-state index contributed by atoms with van der Waals surface area (Å²) < 4.78 is 2.29. The number of nitrogens with zero attached hydrogens (tertiary/aromatic N) is 1. The van der Waals surface area contributed by atoms with Gasteiger partial charge >= 0.3 is 6.03 Å². The Bertz CT molecular complexity index is 1500. The molecule has 0 bridgehead atoms. The van der Waals surface area contributed by atoms with Crippen LogP contribution in [-0.2, 0) is 15.0 Å². The number of para-hydroxylation sites is 2. The van der Waals surface area contributed by atoms with E-state index in [9.17, 15) is 14.4 Å². The number of carbonyl (C=O) groups excluding carboxylic acids is 3.